The fraction of sp³-hybridized carbons (Fsp3) is 0.0833. The lowest BCUT2D eigenvalue weighted by molar-refractivity contribution is 0.102. The number of hydrazine groups is 1. The molecule has 6 nitrogen and oxygen atoms in total. The minimum Gasteiger partial charge on any atom is -0.322 e. The molecule has 1 amide bonds. The molecule has 2 heterocycles. The highest BCUT2D eigenvalue weighted by Gasteiger charge is 2.12. The van der Waals surface area contributed by atoms with Crippen LogP contribution in [0, 0.1) is 6.92 Å². The van der Waals surface area contributed by atoms with Crippen LogP contribution in [0.1, 0.15) is 15.9 Å². The van der Waals surface area contributed by atoms with Crippen molar-refractivity contribution in [3.05, 3.63) is 47.9 Å². The lowest BCUT2D eigenvalue weighted by Gasteiger charge is -2.09. The van der Waals surface area contributed by atoms with Gasteiger partial charge < -0.3 is 10.7 Å². The highest BCUT2D eigenvalue weighted by atomic mass is 16.1. The third kappa shape index (κ3) is 2.44. The number of amides is 1. The third-order valence-electron chi connectivity index (χ3n) is 2.46. The zero-order valence-electron chi connectivity index (χ0n) is 9.84. The van der Waals surface area contributed by atoms with Crippen molar-refractivity contribution in [2.24, 2.45) is 5.84 Å². The summed E-state index contributed by atoms with van der Waals surface area (Å²) in [6.45, 7) is 1.87. The molecule has 0 bridgehead atoms. The zero-order valence-corrected chi connectivity index (χ0v) is 9.84. The maximum Gasteiger partial charge on any atom is 0.259 e. The Hall–Kier alpha value is -2.47. The Labute approximate surface area is 104 Å². The predicted molar refractivity (Wildman–Crippen MR) is 69.0 cm³/mol. The normalized spacial score (nSPS) is 9.89. The van der Waals surface area contributed by atoms with Gasteiger partial charge in [-0.1, -0.05) is 0 Å². The van der Waals surface area contributed by atoms with Crippen LogP contribution in [0.15, 0.2) is 36.8 Å². The molecular formula is C12H13N5O. The molecule has 2 rings (SSSR count). The molecule has 2 aromatic heterocycles. The molecule has 0 atom stereocenters. The van der Waals surface area contributed by atoms with E-state index >= 15 is 0 Å². The van der Waals surface area contributed by atoms with E-state index in [1.165, 1.54) is 0 Å². The van der Waals surface area contributed by atoms with E-state index in [1.807, 2.05) is 6.92 Å². The number of carbonyl (C=O) groups is 1. The van der Waals surface area contributed by atoms with E-state index in [1.54, 1.807) is 36.8 Å². The number of nitrogen functional groups attached to an aromatic ring is 1. The zero-order chi connectivity index (χ0) is 13.0. The van der Waals surface area contributed by atoms with Gasteiger partial charge >= 0.3 is 0 Å². The summed E-state index contributed by atoms with van der Waals surface area (Å²) in [5.74, 6) is 5.37. The SMILES string of the molecule is Cc1cnccc1NC(=O)c1cccnc1NN. The second-order valence-corrected chi connectivity index (χ2v) is 3.69. The third-order valence-corrected chi connectivity index (χ3v) is 2.46. The van der Waals surface area contributed by atoms with Crippen molar-refractivity contribution in [1.29, 1.82) is 0 Å². The highest BCUT2D eigenvalue weighted by Crippen LogP contribution is 2.16. The van der Waals surface area contributed by atoms with Gasteiger partial charge in [0.15, 0.2) is 5.82 Å². The first-order chi connectivity index (χ1) is 8.72. The van der Waals surface area contributed by atoms with Gasteiger partial charge in [0.2, 0.25) is 0 Å². The summed E-state index contributed by atoms with van der Waals surface area (Å²) in [5.41, 5.74) is 4.37. The van der Waals surface area contributed by atoms with Crippen molar-refractivity contribution in [3.63, 3.8) is 0 Å². The molecule has 0 saturated heterocycles. The molecule has 0 radical (unpaired) electrons. The molecule has 0 aliphatic heterocycles. The number of hydrogen-bond donors (Lipinski definition) is 3. The van der Waals surface area contributed by atoms with Crippen LogP contribution in [-0.4, -0.2) is 15.9 Å². The highest BCUT2D eigenvalue weighted by molar-refractivity contribution is 6.07. The van der Waals surface area contributed by atoms with Crippen LogP contribution in [0.2, 0.25) is 0 Å². The van der Waals surface area contributed by atoms with Gasteiger partial charge in [-0.2, -0.15) is 0 Å². The van der Waals surface area contributed by atoms with E-state index in [0.29, 0.717) is 17.1 Å². The van der Waals surface area contributed by atoms with Crippen molar-refractivity contribution in [2.75, 3.05) is 10.7 Å². The van der Waals surface area contributed by atoms with E-state index < -0.39 is 0 Å². The van der Waals surface area contributed by atoms with Gasteiger partial charge in [0.25, 0.3) is 5.91 Å². The summed E-state index contributed by atoms with van der Waals surface area (Å²) in [4.78, 5) is 20.0. The molecule has 0 aliphatic rings. The second-order valence-electron chi connectivity index (χ2n) is 3.69. The van der Waals surface area contributed by atoms with Crippen molar-refractivity contribution in [3.8, 4) is 0 Å². The van der Waals surface area contributed by atoms with Gasteiger partial charge in [0, 0.05) is 24.3 Å². The topological polar surface area (TPSA) is 92.9 Å². The first-order valence-corrected chi connectivity index (χ1v) is 5.36. The summed E-state index contributed by atoms with van der Waals surface area (Å²) in [6.07, 6.45) is 4.86. The average molecular weight is 243 g/mol. The smallest absolute Gasteiger partial charge is 0.259 e. The van der Waals surface area contributed by atoms with E-state index in [0.717, 1.165) is 5.56 Å². The van der Waals surface area contributed by atoms with Gasteiger partial charge in [-0.15, -0.1) is 0 Å². The number of rotatable bonds is 3. The van der Waals surface area contributed by atoms with Gasteiger partial charge in [-0.3, -0.25) is 9.78 Å². The Balaban J connectivity index is 2.25. The summed E-state index contributed by atoms with van der Waals surface area (Å²) < 4.78 is 0. The number of anilines is 2. The Kier molecular flexibility index (Phi) is 3.49. The van der Waals surface area contributed by atoms with Gasteiger partial charge in [-0.25, -0.2) is 10.8 Å². The largest absolute Gasteiger partial charge is 0.322 e. The maximum atomic E-state index is 12.1. The average Bonchev–Trinajstić information content (AvgIpc) is 2.41. The van der Waals surface area contributed by atoms with Crippen molar-refractivity contribution in [1.82, 2.24) is 9.97 Å². The number of carbonyl (C=O) groups excluding carboxylic acids is 1. The van der Waals surface area contributed by atoms with Crippen LogP contribution < -0.4 is 16.6 Å². The molecule has 2 aromatic rings. The predicted octanol–water partition coefficient (Wildman–Crippen LogP) is 1.32. The summed E-state index contributed by atoms with van der Waals surface area (Å²) in [7, 11) is 0. The summed E-state index contributed by atoms with van der Waals surface area (Å²) in [5, 5.41) is 2.79. The number of aryl methyl sites for hydroxylation is 1. The van der Waals surface area contributed by atoms with E-state index in [9.17, 15) is 4.79 Å². The minimum absolute atomic E-state index is 0.273. The lowest BCUT2D eigenvalue weighted by Crippen LogP contribution is -2.18. The number of nitrogens with one attached hydrogen (secondary N) is 2. The van der Waals surface area contributed by atoms with Crippen molar-refractivity contribution < 1.29 is 4.79 Å². The van der Waals surface area contributed by atoms with Crippen molar-refractivity contribution >= 4 is 17.4 Å². The van der Waals surface area contributed by atoms with Crippen LogP contribution in [0.4, 0.5) is 11.5 Å². The number of hydrogen-bond acceptors (Lipinski definition) is 5. The molecule has 0 aliphatic carbocycles. The van der Waals surface area contributed by atoms with E-state index in [2.05, 4.69) is 20.7 Å². The Morgan fingerprint density at radius 2 is 2.17 bits per heavy atom. The fourth-order valence-electron chi connectivity index (χ4n) is 1.51. The maximum absolute atomic E-state index is 12.1. The van der Waals surface area contributed by atoms with Crippen LogP contribution in [0.25, 0.3) is 0 Å². The van der Waals surface area contributed by atoms with Crippen LogP contribution in [0.3, 0.4) is 0 Å². The van der Waals surface area contributed by atoms with Gasteiger partial charge in [0.05, 0.1) is 5.56 Å². The Morgan fingerprint density at radius 3 is 2.89 bits per heavy atom. The number of pyridine rings is 2. The second kappa shape index (κ2) is 5.24. The monoisotopic (exact) mass is 243 g/mol. The number of aromatic nitrogens is 2. The van der Waals surface area contributed by atoms with Gasteiger partial charge in [-0.05, 0) is 30.7 Å². The lowest BCUT2D eigenvalue weighted by atomic mass is 10.2. The number of nitrogens with two attached hydrogens (primary N) is 1. The molecule has 0 spiro atoms. The van der Waals surface area contributed by atoms with Crippen LogP contribution in [-0.2, 0) is 0 Å². The number of nitrogens with zero attached hydrogens (tertiary/aromatic N) is 2. The first kappa shape index (κ1) is 12.0. The van der Waals surface area contributed by atoms with E-state index in [-0.39, 0.29) is 5.91 Å². The Bertz CT molecular complexity index is 570. The molecule has 4 N–H and O–H groups in total. The minimum atomic E-state index is -0.273. The van der Waals surface area contributed by atoms with Crippen LogP contribution >= 0.6 is 0 Å². The molecule has 92 valence electrons. The molecule has 0 saturated carbocycles. The van der Waals surface area contributed by atoms with Crippen molar-refractivity contribution in [2.45, 2.75) is 6.92 Å². The molecule has 18 heavy (non-hydrogen) atoms. The Morgan fingerprint density at radius 1 is 1.33 bits per heavy atom. The molecular weight excluding hydrogens is 230 g/mol. The summed E-state index contributed by atoms with van der Waals surface area (Å²) >= 11 is 0. The quantitative estimate of drug-likeness (QED) is 0.558. The standard InChI is InChI=1S/C12H13N5O/c1-8-7-14-6-4-10(8)16-12(18)9-3-2-5-15-11(9)17-13/h2-7H,13H2,1H3,(H,15,17)(H,14,16,18). The van der Waals surface area contributed by atoms with E-state index in [4.69, 9.17) is 5.84 Å². The fourth-order valence-corrected chi connectivity index (χ4v) is 1.51. The summed E-state index contributed by atoms with van der Waals surface area (Å²) in [6, 6.07) is 5.06. The molecule has 0 fully saturated rings. The molecule has 6 heteroatoms. The molecule has 0 aromatic carbocycles. The first-order valence-electron chi connectivity index (χ1n) is 5.36. The van der Waals surface area contributed by atoms with Gasteiger partial charge in [0.1, 0.15) is 0 Å². The van der Waals surface area contributed by atoms with Crippen LogP contribution in [0.5, 0.6) is 0 Å². The molecule has 0 unspecified atom stereocenters.